The second-order valence-electron chi connectivity index (χ2n) is 7.60. The number of rotatable bonds is 4. The molecule has 150 valence electrons. The van der Waals surface area contributed by atoms with Crippen LogP contribution >= 0.6 is 11.8 Å². The molecule has 0 saturated heterocycles. The number of ether oxygens (including phenoxy) is 2. The van der Waals surface area contributed by atoms with E-state index in [2.05, 4.69) is 72.8 Å². The normalized spacial score (nSPS) is 17.7. The second kappa shape index (κ2) is 8.08. The van der Waals surface area contributed by atoms with E-state index in [1.54, 1.807) is 14.2 Å². The second-order valence-corrected chi connectivity index (χ2v) is 8.65. The maximum atomic E-state index is 5.60. The van der Waals surface area contributed by atoms with Gasteiger partial charge in [-0.1, -0.05) is 78.5 Å². The van der Waals surface area contributed by atoms with Crippen molar-refractivity contribution in [3.63, 3.8) is 0 Å². The predicted molar refractivity (Wildman–Crippen MR) is 126 cm³/mol. The van der Waals surface area contributed by atoms with E-state index in [0.717, 1.165) is 24.3 Å². The molecule has 0 amide bonds. The maximum absolute atomic E-state index is 5.60. The van der Waals surface area contributed by atoms with Crippen molar-refractivity contribution in [2.75, 3.05) is 14.2 Å². The minimum atomic E-state index is 0.226. The summed E-state index contributed by atoms with van der Waals surface area (Å²) in [6.07, 6.45) is 4.60. The molecular formula is C27H24O2S. The van der Waals surface area contributed by atoms with Crippen LogP contribution in [-0.4, -0.2) is 14.2 Å². The number of fused-ring (bicyclic) bond motifs is 2. The van der Waals surface area contributed by atoms with Gasteiger partial charge >= 0.3 is 0 Å². The Bertz CT molecular complexity index is 1140. The Hall–Kier alpha value is -2.91. The van der Waals surface area contributed by atoms with Gasteiger partial charge in [0.15, 0.2) is 11.5 Å². The average Bonchev–Trinajstić information content (AvgIpc) is 2.83. The Morgan fingerprint density at radius 1 is 0.800 bits per heavy atom. The van der Waals surface area contributed by atoms with Crippen molar-refractivity contribution in [1.82, 2.24) is 0 Å². The van der Waals surface area contributed by atoms with E-state index >= 15 is 0 Å². The van der Waals surface area contributed by atoms with Crippen LogP contribution in [-0.2, 0) is 6.42 Å². The monoisotopic (exact) mass is 412 g/mol. The topological polar surface area (TPSA) is 18.5 Å². The van der Waals surface area contributed by atoms with Gasteiger partial charge in [-0.2, -0.15) is 0 Å². The van der Waals surface area contributed by atoms with E-state index in [1.165, 1.54) is 37.6 Å². The minimum Gasteiger partial charge on any atom is -0.493 e. The molecule has 0 bridgehead atoms. The molecule has 3 aromatic carbocycles. The van der Waals surface area contributed by atoms with Crippen molar-refractivity contribution < 1.29 is 9.47 Å². The van der Waals surface area contributed by atoms with Crippen molar-refractivity contribution in [1.29, 1.82) is 0 Å². The third-order valence-corrected chi connectivity index (χ3v) is 7.23. The molecule has 0 spiro atoms. The first-order valence-electron chi connectivity index (χ1n) is 10.3. The number of hydrogen-bond acceptors (Lipinski definition) is 3. The van der Waals surface area contributed by atoms with Crippen LogP contribution in [0.5, 0.6) is 11.5 Å². The molecule has 1 aliphatic carbocycles. The zero-order valence-corrected chi connectivity index (χ0v) is 18.0. The van der Waals surface area contributed by atoms with Crippen LogP contribution in [0.25, 0.3) is 9.81 Å². The Morgan fingerprint density at radius 2 is 1.57 bits per heavy atom. The molecule has 1 heterocycles. The molecule has 3 heteroatoms. The predicted octanol–water partition coefficient (Wildman–Crippen LogP) is 6.93. The van der Waals surface area contributed by atoms with Crippen molar-refractivity contribution in [3.05, 3.63) is 107 Å². The summed E-state index contributed by atoms with van der Waals surface area (Å²) in [5.41, 5.74) is 6.85. The fourth-order valence-corrected chi connectivity index (χ4v) is 5.78. The van der Waals surface area contributed by atoms with Crippen LogP contribution in [0.1, 0.15) is 34.6 Å². The Labute approximate surface area is 182 Å². The standard InChI is InChI=1S/C27H24O2S/c1-28-24-15-13-20(16-25(24)29-2)23-17-26(19-9-4-3-5-10-19)30-27-21-11-7-6-8-18(21)12-14-22(23)27/h3-11,13,15-17,23H,12,14H2,1-2H3. The lowest BCUT2D eigenvalue weighted by Crippen LogP contribution is -2.13. The van der Waals surface area contributed by atoms with Gasteiger partial charge in [0.1, 0.15) is 0 Å². The summed E-state index contributed by atoms with van der Waals surface area (Å²) in [6.45, 7) is 0. The molecule has 0 N–H and O–H groups in total. The first-order valence-corrected chi connectivity index (χ1v) is 11.1. The third kappa shape index (κ3) is 3.33. The third-order valence-electron chi connectivity index (χ3n) is 5.95. The molecule has 1 unspecified atom stereocenters. The zero-order valence-electron chi connectivity index (χ0n) is 17.2. The van der Waals surface area contributed by atoms with Gasteiger partial charge in [0.05, 0.1) is 14.2 Å². The highest BCUT2D eigenvalue weighted by atomic mass is 32.2. The summed E-state index contributed by atoms with van der Waals surface area (Å²) in [4.78, 5) is 2.73. The van der Waals surface area contributed by atoms with Crippen molar-refractivity contribution in [2.24, 2.45) is 0 Å². The van der Waals surface area contributed by atoms with Crippen LogP contribution in [0, 0.1) is 0 Å². The quantitative estimate of drug-likeness (QED) is 0.463. The molecule has 0 fully saturated rings. The molecule has 5 rings (SSSR count). The highest BCUT2D eigenvalue weighted by Gasteiger charge is 2.30. The first-order chi connectivity index (χ1) is 14.8. The van der Waals surface area contributed by atoms with Gasteiger partial charge in [-0.15, -0.1) is 0 Å². The maximum Gasteiger partial charge on any atom is 0.161 e. The molecule has 1 aliphatic heterocycles. The molecule has 1 atom stereocenters. The van der Waals surface area contributed by atoms with Crippen LogP contribution in [0.2, 0.25) is 0 Å². The summed E-state index contributed by atoms with van der Waals surface area (Å²) in [7, 11) is 3.38. The molecule has 0 radical (unpaired) electrons. The Balaban J connectivity index is 1.67. The van der Waals surface area contributed by atoms with Gasteiger partial charge in [-0.3, -0.25) is 0 Å². The minimum absolute atomic E-state index is 0.226. The summed E-state index contributed by atoms with van der Waals surface area (Å²) in [6, 6.07) is 25.9. The number of allylic oxidation sites excluding steroid dienone is 2. The molecule has 0 aromatic heterocycles. The number of thioether (sulfide) groups is 1. The van der Waals surface area contributed by atoms with Crippen LogP contribution in [0.15, 0.2) is 84.4 Å². The van der Waals surface area contributed by atoms with E-state index in [0.29, 0.717) is 0 Å². The van der Waals surface area contributed by atoms with Gasteiger partial charge in [0, 0.05) is 15.7 Å². The van der Waals surface area contributed by atoms with Crippen LogP contribution in [0.3, 0.4) is 0 Å². The van der Waals surface area contributed by atoms with Crippen LogP contribution in [0.4, 0.5) is 0 Å². The molecule has 30 heavy (non-hydrogen) atoms. The lowest BCUT2D eigenvalue weighted by molar-refractivity contribution is 0.354. The van der Waals surface area contributed by atoms with Gasteiger partial charge in [-0.05, 0) is 52.8 Å². The van der Waals surface area contributed by atoms with Gasteiger partial charge in [-0.25, -0.2) is 0 Å². The zero-order chi connectivity index (χ0) is 20.5. The van der Waals surface area contributed by atoms with Crippen molar-refractivity contribution in [3.8, 4) is 11.5 Å². The van der Waals surface area contributed by atoms with E-state index in [4.69, 9.17) is 9.47 Å². The lowest BCUT2D eigenvalue weighted by Gasteiger charge is -2.32. The van der Waals surface area contributed by atoms with E-state index in [9.17, 15) is 0 Å². The van der Waals surface area contributed by atoms with E-state index in [-0.39, 0.29) is 5.92 Å². The largest absolute Gasteiger partial charge is 0.493 e. The number of aryl methyl sites for hydroxylation is 1. The fourth-order valence-electron chi connectivity index (χ4n) is 4.43. The fraction of sp³-hybridized carbons (Fsp3) is 0.185. The summed E-state index contributed by atoms with van der Waals surface area (Å²) in [5.74, 6) is 1.77. The van der Waals surface area contributed by atoms with Crippen molar-refractivity contribution in [2.45, 2.75) is 18.8 Å². The molecule has 0 saturated carbocycles. The molecule has 2 aliphatic rings. The summed E-state index contributed by atoms with van der Waals surface area (Å²) < 4.78 is 11.1. The Morgan fingerprint density at radius 3 is 2.37 bits per heavy atom. The highest BCUT2D eigenvalue weighted by Crippen LogP contribution is 2.54. The smallest absolute Gasteiger partial charge is 0.161 e. The average molecular weight is 413 g/mol. The molecule has 2 nitrogen and oxygen atoms in total. The first kappa shape index (κ1) is 19.1. The van der Waals surface area contributed by atoms with E-state index < -0.39 is 0 Å². The molecular weight excluding hydrogens is 388 g/mol. The number of benzene rings is 3. The number of hydrogen-bond donors (Lipinski definition) is 0. The van der Waals surface area contributed by atoms with E-state index in [1.807, 2.05) is 17.8 Å². The van der Waals surface area contributed by atoms with Gasteiger partial charge in [0.2, 0.25) is 0 Å². The Kier molecular flexibility index (Phi) is 5.14. The summed E-state index contributed by atoms with van der Waals surface area (Å²) in [5, 5.41) is 0. The van der Waals surface area contributed by atoms with Crippen molar-refractivity contribution >= 4 is 21.6 Å². The van der Waals surface area contributed by atoms with Gasteiger partial charge in [0.25, 0.3) is 0 Å². The SMILES string of the molecule is COc1ccc(C2C=C(c3ccccc3)SC3=C2CCc2ccccc23)cc1OC. The molecule has 3 aromatic rings. The van der Waals surface area contributed by atoms with Gasteiger partial charge < -0.3 is 9.47 Å². The summed E-state index contributed by atoms with van der Waals surface area (Å²) >= 11 is 1.91. The number of methoxy groups -OCH3 is 2. The lowest BCUT2D eigenvalue weighted by atomic mass is 9.81. The van der Waals surface area contributed by atoms with Crippen LogP contribution < -0.4 is 9.47 Å². The highest BCUT2D eigenvalue weighted by molar-refractivity contribution is 8.16.